The van der Waals surface area contributed by atoms with E-state index in [1.807, 2.05) is 13.8 Å². The molecule has 1 aromatic carbocycles. The Morgan fingerprint density at radius 3 is 2.53 bits per heavy atom. The number of hydrogen-bond acceptors (Lipinski definition) is 6. The van der Waals surface area contributed by atoms with Gasteiger partial charge in [0.2, 0.25) is 5.89 Å². The van der Waals surface area contributed by atoms with Crippen molar-refractivity contribution >= 4 is 29.9 Å². The second kappa shape index (κ2) is 14.3. The van der Waals surface area contributed by atoms with Gasteiger partial charge in [-0.05, 0) is 51.7 Å². The number of halogens is 1. The minimum atomic E-state index is -0.196. The molecule has 0 saturated heterocycles. The highest BCUT2D eigenvalue weighted by molar-refractivity contribution is 14.0. The van der Waals surface area contributed by atoms with Crippen molar-refractivity contribution < 1.29 is 14.0 Å². The molecular weight excluding hydrogens is 521 g/mol. The molecular formula is C23H38IN5O3. The van der Waals surface area contributed by atoms with Gasteiger partial charge >= 0.3 is 0 Å². The number of aryl methyl sites for hydroxylation is 1. The van der Waals surface area contributed by atoms with Crippen molar-refractivity contribution in [1.82, 2.24) is 20.8 Å². The highest BCUT2D eigenvalue weighted by Gasteiger charge is 2.14. The normalized spacial score (nSPS) is 13.4. The van der Waals surface area contributed by atoms with E-state index in [9.17, 15) is 0 Å². The first-order valence-electron chi connectivity index (χ1n) is 11.0. The van der Waals surface area contributed by atoms with Crippen molar-refractivity contribution in [2.45, 2.75) is 73.3 Å². The Morgan fingerprint density at radius 2 is 1.88 bits per heavy atom. The number of guanidine groups is 1. The summed E-state index contributed by atoms with van der Waals surface area (Å²) in [4.78, 5) is 8.64. The van der Waals surface area contributed by atoms with E-state index >= 15 is 0 Å². The third-order valence-electron chi connectivity index (χ3n) is 4.70. The van der Waals surface area contributed by atoms with E-state index in [0.29, 0.717) is 43.3 Å². The summed E-state index contributed by atoms with van der Waals surface area (Å²) < 4.78 is 17.0. The summed E-state index contributed by atoms with van der Waals surface area (Å²) in [5.74, 6) is 3.15. The maximum Gasteiger partial charge on any atom is 0.246 e. The Bertz CT molecular complexity index is 841. The summed E-state index contributed by atoms with van der Waals surface area (Å²) in [6, 6.07) is 6.27. The van der Waals surface area contributed by atoms with E-state index in [-0.39, 0.29) is 36.2 Å². The van der Waals surface area contributed by atoms with Crippen molar-refractivity contribution in [1.29, 1.82) is 0 Å². The Kier molecular flexibility index (Phi) is 12.6. The van der Waals surface area contributed by atoms with E-state index in [0.717, 1.165) is 17.7 Å². The molecule has 1 aromatic heterocycles. The van der Waals surface area contributed by atoms with Gasteiger partial charge in [-0.25, -0.2) is 0 Å². The molecule has 0 aliphatic carbocycles. The van der Waals surface area contributed by atoms with Gasteiger partial charge in [0.25, 0.3) is 0 Å². The van der Waals surface area contributed by atoms with Crippen molar-refractivity contribution in [3.8, 4) is 5.75 Å². The van der Waals surface area contributed by atoms with Gasteiger partial charge in [-0.2, -0.15) is 4.98 Å². The fourth-order valence-electron chi connectivity index (χ4n) is 3.23. The first kappa shape index (κ1) is 28.2. The van der Waals surface area contributed by atoms with Crippen LogP contribution in [0.2, 0.25) is 0 Å². The van der Waals surface area contributed by atoms with Gasteiger partial charge in [0.05, 0.1) is 12.6 Å². The van der Waals surface area contributed by atoms with Crippen LogP contribution in [0.1, 0.15) is 70.0 Å². The third-order valence-corrected chi connectivity index (χ3v) is 4.70. The highest BCUT2D eigenvalue weighted by Crippen LogP contribution is 2.23. The summed E-state index contributed by atoms with van der Waals surface area (Å²) in [6.45, 7) is 14.0. The Morgan fingerprint density at radius 1 is 1.16 bits per heavy atom. The molecule has 2 rings (SSSR count). The molecule has 32 heavy (non-hydrogen) atoms. The number of aliphatic imine (C=N–C) groups is 1. The second-order valence-electron chi connectivity index (χ2n) is 8.09. The van der Waals surface area contributed by atoms with Crippen LogP contribution in [0.4, 0.5) is 0 Å². The molecule has 2 atom stereocenters. The molecule has 8 nitrogen and oxygen atoms in total. The monoisotopic (exact) mass is 559 g/mol. The number of benzene rings is 1. The van der Waals surface area contributed by atoms with Crippen LogP contribution >= 0.6 is 24.0 Å². The van der Waals surface area contributed by atoms with Crippen LogP contribution in [0.3, 0.4) is 0 Å². The average Bonchev–Trinajstić information content (AvgIpc) is 3.18. The van der Waals surface area contributed by atoms with Gasteiger partial charge < -0.3 is 24.6 Å². The third kappa shape index (κ3) is 9.32. The van der Waals surface area contributed by atoms with Crippen molar-refractivity contribution in [2.24, 2.45) is 10.9 Å². The molecule has 0 saturated carbocycles. The summed E-state index contributed by atoms with van der Waals surface area (Å²) >= 11 is 0. The van der Waals surface area contributed by atoms with Crippen LogP contribution in [-0.2, 0) is 17.8 Å². The lowest BCUT2D eigenvalue weighted by atomic mass is 10.1. The van der Waals surface area contributed by atoms with E-state index in [4.69, 9.17) is 14.0 Å². The van der Waals surface area contributed by atoms with Crippen molar-refractivity contribution in [3.63, 3.8) is 0 Å². The lowest BCUT2D eigenvalue weighted by molar-refractivity contribution is 0.0683. The molecule has 0 fully saturated rings. The second-order valence-corrected chi connectivity index (χ2v) is 8.09. The first-order chi connectivity index (χ1) is 14.8. The number of aromatic nitrogens is 2. The molecule has 0 amide bonds. The molecule has 1 heterocycles. The fraction of sp³-hybridized carbons (Fsp3) is 0.609. The zero-order chi connectivity index (χ0) is 22.8. The first-order valence-corrected chi connectivity index (χ1v) is 11.0. The summed E-state index contributed by atoms with van der Waals surface area (Å²) in [5, 5.41) is 10.5. The van der Waals surface area contributed by atoms with Crippen LogP contribution in [-0.4, -0.2) is 35.9 Å². The van der Waals surface area contributed by atoms with Crippen molar-refractivity contribution in [3.05, 3.63) is 41.0 Å². The molecule has 180 valence electrons. The Hall–Kier alpha value is -1.88. The van der Waals surface area contributed by atoms with E-state index < -0.39 is 0 Å². The number of rotatable bonds is 11. The summed E-state index contributed by atoms with van der Waals surface area (Å²) in [6.07, 6.45) is 0.972. The molecule has 0 radical (unpaired) electrons. The Balaban J connectivity index is 0.00000512. The number of nitrogens with one attached hydrogen (secondary N) is 2. The minimum Gasteiger partial charge on any atom is -0.490 e. The van der Waals surface area contributed by atoms with Gasteiger partial charge in [-0.3, -0.25) is 4.99 Å². The zero-order valence-electron chi connectivity index (χ0n) is 20.3. The van der Waals surface area contributed by atoms with E-state index in [1.54, 1.807) is 7.05 Å². The Labute approximate surface area is 209 Å². The van der Waals surface area contributed by atoms with E-state index in [1.165, 1.54) is 5.56 Å². The lowest BCUT2D eigenvalue weighted by Gasteiger charge is -2.20. The SMILES string of the molecule is CCOC(C)c1noc(CNC(=NC)NCc2ccc(C)cc2OC(C)CC(C)C)n1.I. The standard InChI is InChI=1S/C23H37N5O3.HI/c1-8-29-18(6)22-27-21(31-28-22)14-26-23(24-7)25-13-19-10-9-16(4)12-20(19)30-17(5)11-15(2)3;/h9-10,12,15,17-18H,8,11,13-14H2,1-7H3,(H2,24,25,26);1H. The largest absolute Gasteiger partial charge is 0.490 e. The van der Waals surface area contributed by atoms with Crippen LogP contribution in [0.15, 0.2) is 27.7 Å². The molecule has 0 spiro atoms. The van der Waals surface area contributed by atoms with Gasteiger partial charge in [0.1, 0.15) is 11.9 Å². The zero-order valence-corrected chi connectivity index (χ0v) is 22.6. The number of ether oxygens (including phenoxy) is 2. The van der Waals surface area contributed by atoms with Gasteiger partial charge in [0.15, 0.2) is 11.8 Å². The maximum absolute atomic E-state index is 6.23. The molecule has 0 bridgehead atoms. The van der Waals surface area contributed by atoms with Gasteiger partial charge in [-0.15, -0.1) is 24.0 Å². The van der Waals surface area contributed by atoms with E-state index in [2.05, 4.69) is 71.7 Å². The topological polar surface area (TPSA) is 93.8 Å². The lowest BCUT2D eigenvalue weighted by Crippen LogP contribution is -2.36. The molecule has 2 N–H and O–H groups in total. The predicted octanol–water partition coefficient (Wildman–Crippen LogP) is 4.77. The molecule has 9 heteroatoms. The predicted molar refractivity (Wildman–Crippen MR) is 138 cm³/mol. The van der Waals surface area contributed by atoms with Crippen LogP contribution in [0, 0.1) is 12.8 Å². The maximum atomic E-state index is 6.23. The van der Waals surface area contributed by atoms with Crippen LogP contribution < -0.4 is 15.4 Å². The molecule has 0 aliphatic rings. The van der Waals surface area contributed by atoms with Crippen LogP contribution in [0.5, 0.6) is 5.75 Å². The highest BCUT2D eigenvalue weighted by atomic mass is 127. The number of nitrogens with zero attached hydrogens (tertiary/aromatic N) is 3. The number of hydrogen-bond donors (Lipinski definition) is 2. The molecule has 2 unspecified atom stereocenters. The molecule has 0 aliphatic heterocycles. The summed E-state index contributed by atoms with van der Waals surface area (Å²) in [7, 11) is 1.73. The minimum absolute atomic E-state index is 0. The average molecular weight is 559 g/mol. The fourth-order valence-corrected chi connectivity index (χ4v) is 3.23. The molecule has 2 aromatic rings. The quantitative estimate of drug-likeness (QED) is 0.233. The smallest absolute Gasteiger partial charge is 0.246 e. The van der Waals surface area contributed by atoms with Gasteiger partial charge in [-0.1, -0.05) is 31.1 Å². The van der Waals surface area contributed by atoms with Crippen LogP contribution in [0.25, 0.3) is 0 Å². The van der Waals surface area contributed by atoms with Gasteiger partial charge in [0, 0.05) is 25.8 Å². The van der Waals surface area contributed by atoms with Crippen molar-refractivity contribution in [2.75, 3.05) is 13.7 Å². The summed E-state index contributed by atoms with van der Waals surface area (Å²) in [5.41, 5.74) is 2.25.